The van der Waals surface area contributed by atoms with E-state index in [0.29, 0.717) is 42.4 Å². The Balaban J connectivity index is 1.36. The Morgan fingerprint density at radius 2 is 1.83 bits per heavy atom. The highest BCUT2D eigenvalue weighted by Gasteiger charge is 2.21. The van der Waals surface area contributed by atoms with Gasteiger partial charge in [0.05, 0.1) is 0 Å². The van der Waals surface area contributed by atoms with Crippen LogP contribution >= 0.6 is 0 Å². The molecule has 1 aromatic heterocycles. The Morgan fingerprint density at radius 3 is 2.62 bits per heavy atom. The Labute approximate surface area is 167 Å². The number of likely N-dealkylation sites (N-methyl/N-ethyl adjacent to an activating group) is 1. The Morgan fingerprint density at radius 1 is 1.07 bits per heavy atom. The van der Waals surface area contributed by atoms with Crippen LogP contribution in [0.25, 0.3) is 11.0 Å². The topological polar surface area (TPSA) is 78.2 Å². The van der Waals surface area contributed by atoms with E-state index >= 15 is 0 Å². The first kappa shape index (κ1) is 18.9. The van der Waals surface area contributed by atoms with Gasteiger partial charge < -0.3 is 23.5 Å². The quantitative estimate of drug-likeness (QED) is 0.617. The fraction of sp³-hybridized carbons (Fsp3) is 0.273. The number of benzene rings is 2. The second-order valence-corrected chi connectivity index (χ2v) is 6.86. The van der Waals surface area contributed by atoms with Crippen molar-refractivity contribution in [3.63, 3.8) is 0 Å². The summed E-state index contributed by atoms with van der Waals surface area (Å²) in [4.78, 5) is 26.2. The molecule has 2 heterocycles. The third kappa shape index (κ3) is 3.89. The molecule has 29 heavy (non-hydrogen) atoms. The Bertz CT molecular complexity index is 1070. The van der Waals surface area contributed by atoms with Crippen molar-refractivity contribution in [3.8, 4) is 11.5 Å². The number of furan rings is 1. The fourth-order valence-electron chi connectivity index (χ4n) is 3.22. The van der Waals surface area contributed by atoms with Crippen LogP contribution in [0.4, 0.5) is 0 Å². The van der Waals surface area contributed by atoms with Crippen molar-refractivity contribution >= 4 is 22.8 Å². The van der Waals surface area contributed by atoms with Gasteiger partial charge in [-0.2, -0.15) is 0 Å². The van der Waals surface area contributed by atoms with Crippen LogP contribution < -0.4 is 9.47 Å². The molecule has 7 nitrogen and oxygen atoms in total. The van der Waals surface area contributed by atoms with Crippen molar-refractivity contribution in [2.75, 3.05) is 26.9 Å². The monoisotopic (exact) mass is 395 g/mol. The number of hydrogen-bond acceptors (Lipinski definition) is 6. The molecule has 3 aromatic rings. The van der Waals surface area contributed by atoms with Crippen molar-refractivity contribution in [3.05, 3.63) is 59.4 Å². The molecule has 0 bridgehead atoms. The molecule has 4 rings (SSSR count). The summed E-state index contributed by atoms with van der Waals surface area (Å²) >= 11 is 0. The zero-order valence-electron chi connectivity index (χ0n) is 16.3. The predicted octanol–water partition coefficient (Wildman–Crippen LogP) is 3.33. The number of hydrogen-bond donors (Lipinski definition) is 0. The molecule has 1 amide bonds. The van der Waals surface area contributed by atoms with E-state index in [1.165, 1.54) is 4.90 Å². The predicted molar refractivity (Wildman–Crippen MR) is 105 cm³/mol. The number of carbonyl (C=O) groups is 2. The van der Waals surface area contributed by atoms with Crippen LogP contribution in [0.1, 0.15) is 21.7 Å². The molecule has 7 heteroatoms. The summed E-state index contributed by atoms with van der Waals surface area (Å²) in [5, 5.41) is 0.849. The Hall–Kier alpha value is -3.48. The summed E-state index contributed by atoms with van der Waals surface area (Å²) in [6.07, 6.45) is 0. The van der Waals surface area contributed by atoms with Gasteiger partial charge in [-0.3, -0.25) is 4.79 Å². The van der Waals surface area contributed by atoms with Gasteiger partial charge in [-0.15, -0.1) is 0 Å². The van der Waals surface area contributed by atoms with Gasteiger partial charge in [0.15, 0.2) is 18.1 Å². The van der Waals surface area contributed by atoms with Crippen LogP contribution in [0.2, 0.25) is 0 Å². The maximum absolute atomic E-state index is 12.4. The van der Waals surface area contributed by atoms with Crippen LogP contribution in [-0.4, -0.2) is 43.6 Å². The van der Waals surface area contributed by atoms with E-state index in [2.05, 4.69) is 0 Å². The second-order valence-electron chi connectivity index (χ2n) is 6.86. The normalized spacial score (nSPS) is 12.6. The molecule has 0 spiro atoms. The van der Waals surface area contributed by atoms with Gasteiger partial charge in [-0.25, -0.2) is 4.79 Å². The minimum absolute atomic E-state index is 0.119. The third-order valence-corrected chi connectivity index (χ3v) is 4.81. The number of amides is 1. The molecule has 150 valence electrons. The first-order chi connectivity index (χ1) is 14.0. The average molecular weight is 395 g/mol. The first-order valence-electron chi connectivity index (χ1n) is 9.30. The highest BCUT2D eigenvalue weighted by atomic mass is 16.6. The van der Waals surface area contributed by atoms with Crippen LogP contribution in [0.15, 0.2) is 46.9 Å². The van der Waals surface area contributed by atoms with Crippen LogP contribution in [0, 0.1) is 6.92 Å². The standard InChI is InChI=1S/C22H21NO6/c1-14-16-5-3-4-6-17(16)29-21(14)22(25)28-13-20(24)23(2)12-15-7-8-18-19(11-15)27-10-9-26-18/h3-8,11H,9-10,12-13H2,1-2H3. The molecule has 0 radical (unpaired) electrons. The molecular weight excluding hydrogens is 374 g/mol. The summed E-state index contributed by atoms with van der Waals surface area (Å²) in [5.74, 6) is 0.515. The van der Waals surface area contributed by atoms with E-state index in [9.17, 15) is 9.59 Å². The molecule has 0 unspecified atom stereocenters. The highest BCUT2D eigenvalue weighted by molar-refractivity contribution is 5.96. The van der Waals surface area contributed by atoms with Gasteiger partial charge >= 0.3 is 5.97 Å². The SMILES string of the molecule is Cc1c(C(=O)OCC(=O)N(C)Cc2ccc3c(c2)OCCO3)oc2ccccc12. The molecule has 2 aromatic carbocycles. The van der Waals surface area contributed by atoms with E-state index < -0.39 is 5.97 Å². The minimum atomic E-state index is -0.653. The Kier molecular flexibility index (Phi) is 5.12. The zero-order valence-corrected chi connectivity index (χ0v) is 16.3. The molecule has 0 aliphatic carbocycles. The van der Waals surface area contributed by atoms with Crippen LogP contribution in [-0.2, 0) is 16.1 Å². The van der Waals surface area contributed by atoms with E-state index in [0.717, 1.165) is 10.9 Å². The van der Waals surface area contributed by atoms with Gasteiger partial charge in [0.1, 0.15) is 18.8 Å². The lowest BCUT2D eigenvalue weighted by atomic mass is 10.1. The van der Waals surface area contributed by atoms with Crippen molar-refractivity contribution in [1.29, 1.82) is 0 Å². The van der Waals surface area contributed by atoms with Crippen LogP contribution in [0.3, 0.4) is 0 Å². The van der Waals surface area contributed by atoms with Crippen molar-refractivity contribution in [1.82, 2.24) is 4.90 Å². The van der Waals surface area contributed by atoms with E-state index in [1.54, 1.807) is 20.0 Å². The highest BCUT2D eigenvalue weighted by Crippen LogP contribution is 2.31. The van der Waals surface area contributed by atoms with Crippen molar-refractivity contribution in [2.24, 2.45) is 0 Å². The zero-order chi connectivity index (χ0) is 20.4. The van der Waals surface area contributed by atoms with Gasteiger partial charge in [0, 0.05) is 24.5 Å². The number of nitrogens with zero attached hydrogens (tertiary/aromatic N) is 1. The van der Waals surface area contributed by atoms with Gasteiger partial charge in [-0.05, 0) is 30.7 Å². The smallest absolute Gasteiger partial charge is 0.375 e. The summed E-state index contributed by atoms with van der Waals surface area (Å²) in [5.41, 5.74) is 2.20. The number of rotatable bonds is 5. The molecular formula is C22H21NO6. The summed E-state index contributed by atoms with van der Waals surface area (Å²) in [6.45, 7) is 2.81. The molecule has 0 saturated carbocycles. The lowest BCUT2D eigenvalue weighted by Gasteiger charge is -2.21. The van der Waals surface area contributed by atoms with Gasteiger partial charge in [0.2, 0.25) is 5.76 Å². The third-order valence-electron chi connectivity index (χ3n) is 4.81. The van der Waals surface area contributed by atoms with Gasteiger partial charge in [0.25, 0.3) is 5.91 Å². The van der Waals surface area contributed by atoms with E-state index in [4.69, 9.17) is 18.6 Å². The number of aryl methyl sites for hydroxylation is 1. The molecule has 1 aliphatic rings. The van der Waals surface area contributed by atoms with E-state index in [-0.39, 0.29) is 18.3 Å². The molecule has 0 atom stereocenters. The first-order valence-corrected chi connectivity index (χ1v) is 9.30. The van der Waals surface area contributed by atoms with E-state index in [1.807, 2.05) is 36.4 Å². The maximum atomic E-state index is 12.4. The summed E-state index contributed by atoms with van der Waals surface area (Å²) in [7, 11) is 1.65. The lowest BCUT2D eigenvalue weighted by molar-refractivity contribution is -0.133. The number of para-hydroxylation sites is 1. The molecule has 0 fully saturated rings. The molecule has 1 aliphatic heterocycles. The fourth-order valence-corrected chi connectivity index (χ4v) is 3.22. The lowest BCUT2D eigenvalue weighted by Crippen LogP contribution is -2.31. The largest absolute Gasteiger partial charge is 0.486 e. The number of ether oxygens (including phenoxy) is 3. The average Bonchev–Trinajstić information content (AvgIpc) is 3.08. The number of esters is 1. The number of carbonyl (C=O) groups excluding carboxylic acids is 2. The van der Waals surface area contributed by atoms with Gasteiger partial charge in [-0.1, -0.05) is 24.3 Å². The molecule has 0 N–H and O–H groups in total. The minimum Gasteiger partial charge on any atom is -0.486 e. The second kappa shape index (κ2) is 7.87. The number of fused-ring (bicyclic) bond motifs is 2. The maximum Gasteiger partial charge on any atom is 0.375 e. The van der Waals surface area contributed by atoms with Crippen molar-refractivity contribution in [2.45, 2.75) is 13.5 Å². The summed E-state index contributed by atoms with van der Waals surface area (Å²) in [6, 6.07) is 12.9. The van der Waals surface area contributed by atoms with Crippen molar-refractivity contribution < 1.29 is 28.2 Å². The molecule has 0 saturated heterocycles. The summed E-state index contributed by atoms with van der Waals surface area (Å²) < 4.78 is 21.8. The van der Waals surface area contributed by atoms with Crippen LogP contribution in [0.5, 0.6) is 11.5 Å².